The van der Waals surface area contributed by atoms with E-state index in [1.807, 2.05) is 6.92 Å². The Bertz CT molecular complexity index is 623. The Hall–Kier alpha value is -2.84. The van der Waals surface area contributed by atoms with E-state index >= 15 is 0 Å². The van der Waals surface area contributed by atoms with E-state index in [0.717, 1.165) is 6.20 Å². The number of nitrogens with zero attached hydrogens (tertiary/aromatic N) is 2. The topological polar surface area (TPSA) is 97.7 Å². The second-order valence-electron chi connectivity index (χ2n) is 5.36. The number of halogens is 2. The number of alkyl halides is 1. The Morgan fingerprint density at radius 1 is 1.46 bits per heavy atom. The van der Waals surface area contributed by atoms with Gasteiger partial charge in [0.2, 0.25) is 5.91 Å². The molecule has 0 aromatic heterocycles. The van der Waals surface area contributed by atoms with Crippen LogP contribution in [0.25, 0.3) is 0 Å². The molecule has 3 amide bonds. The van der Waals surface area contributed by atoms with Crippen molar-refractivity contribution in [2.24, 2.45) is 5.22 Å². The number of carbonyl (C=O) groups excluding carboxylic acids is 2. The molecule has 0 saturated heterocycles. The second-order valence-corrected chi connectivity index (χ2v) is 5.36. The van der Waals surface area contributed by atoms with Crippen molar-refractivity contribution < 1.29 is 18.4 Å². The molecule has 0 heterocycles. The van der Waals surface area contributed by atoms with Crippen molar-refractivity contribution in [3.05, 3.63) is 47.9 Å². The average Bonchev–Trinajstić information content (AvgIpc) is 2.61. The maximum absolute atomic E-state index is 13.3. The lowest BCUT2D eigenvalue weighted by molar-refractivity contribution is -0.122. The predicted molar refractivity (Wildman–Crippen MR) is 94.4 cm³/mol. The highest BCUT2D eigenvalue weighted by Gasteiger charge is 2.15. The average molecular weight is 369 g/mol. The molecule has 0 bridgehead atoms. The molecule has 1 unspecified atom stereocenters. The first kappa shape index (κ1) is 23.2. The molecule has 0 aliphatic rings. The van der Waals surface area contributed by atoms with Crippen molar-refractivity contribution >= 4 is 11.9 Å². The zero-order valence-corrected chi connectivity index (χ0v) is 15.2. The maximum atomic E-state index is 13.3. The number of benzene rings is 1. The summed E-state index contributed by atoms with van der Waals surface area (Å²) in [4.78, 5) is 23.0. The van der Waals surface area contributed by atoms with Gasteiger partial charge in [-0.2, -0.15) is 10.5 Å². The monoisotopic (exact) mass is 369 g/mol. The van der Waals surface area contributed by atoms with E-state index < -0.39 is 24.7 Å². The fourth-order valence-corrected chi connectivity index (χ4v) is 1.45. The fourth-order valence-electron chi connectivity index (χ4n) is 1.45. The smallest absolute Gasteiger partial charge is 0.343 e. The van der Waals surface area contributed by atoms with Gasteiger partial charge in [-0.05, 0) is 43.7 Å². The Morgan fingerprint density at radius 2 is 2.08 bits per heavy atom. The second kappa shape index (κ2) is 12.5. The molecule has 26 heavy (non-hydrogen) atoms. The Kier molecular flexibility index (Phi) is 11.1. The largest absolute Gasteiger partial charge is 0.350 e. The molecule has 0 spiro atoms. The Labute approximate surface area is 151 Å². The molecular formula is C17H25F2N5O2. The van der Waals surface area contributed by atoms with Crippen molar-refractivity contribution in [2.45, 2.75) is 39.9 Å². The van der Waals surface area contributed by atoms with Crippen molar-refractivity contribution in [3.8, 4) is 0 Å². The number of hydrogen-bond acceptors (Lipinski definition) is 4. The van der Waals surface area contributed by atoms with Gasteiger partial charge in [-0.1, -0.05) is 30.9 Å². The molecule has 144 valence electrons. The predicted octanol–water partition coefficient (Wildman–Crippen LogP) is 3.61. The van der Waals surface area contributed by atoms with Crippen LogP contribution in [-0.4, -0.2) is 29.7 Å². The van der Waals surface area contributed by atoms with Crippen molar-refractivity contribution in [1.82, 2.24) is 15.6 Å². The highest BCUT2D eigenvalue weighted by atomic mass is 19.1. The minimum Gasteiger partial charge on any atom is -0.350 e. The van der Waals surface area contributed by atoms with Crippen molar-refractivity contribution in [1.29, 1.82) is 5.53 Å². The lowest BCUT2D eigenvalue weighted by Crippen LogP contribution is -2.40. The third-order valence-corrected chi connectivity index (χ3v) is 3.16. The summed E-state index contributed by atoms with van der Waals surface area (Å²) in [6.07, 6.45) is 1.14. The lowest BCUT2D eigenvalue weighted by atomic mass is 10.1. The fraction of sp³-hybridized carbons (Fsp3) is 0.412. The van der Waals surface area contributed by atoms with E-state index in [4.69, 9.17) is 5.53 Å². The van der Waals surface area contributed by atoms with Crippen LogP contribution in [0.1, 0.15) is 31.4 Å². The van der Waals surface area contributed by atoms with E-state index in [9.17, 15) is 18.4 Å². The van der Waals surface area contributed by atoms with Gasteiger partial charge in [0.15, 0.2) is 0 Å². The summed E-state index contributed by atoms with van der Waals surface area (Å²) in [6.45, 7) is 8.01. The molecule has 1 atom stereocenters. The van der Waals surface area contributed by atoms with Gasteiger partial charge < -0.3 is 10.6 Å². The van der Waals surface area contributed by atoms with Gasteiger partial charge in [-0.15, -0.1) is 0 Å². The summed E-state index contributed by atoms with van der Waals surface area (Å²) in [6, 6.07) is 3.89. The molecule has 9 heteroatoms. The van der Waals surface area contributed by atoms with Crippen molar-refractivity contribution in [3.63, 3.8) is 0 Å². The Balaban J connectivity index is 0.00000110. The van der Waals surface area contributed by atoms with Gasteiger partial charge in [-0.25, -0.2) is 13.6 Å². The van der Waals surface area contributed by atoms with Gasteiger partial charge in [0.05, 0.1) is 6.17 Å². The van der Waals surface area contributed by atoms with E-state index in [0.29, 0.717) is 22.6 Å². The molecule has 0 radical (unpaired) electrons. The molecular weight excluding hydrogens is 344 g/mol. The highest BCUT2D eigenvalue weighted by Crippen LogP contribution is 2.08. The normalized spacial score (nSPS) is 10.7. The third-order valence-electron chi connectivity index (χ3n) is 3.16. The summed E-state index contributed by atoms with van der Waals surface area (Å²) < 4.78 is 24.8. The van der Waals surface area contributed by atoms with E-state index in [2.05, 4.69) is 22.4 Å². The van der Waals surface area contributed by atoms with Crippen LogP contribution < -0.4 is 10.6 Å². The molecule has 7 nitrogen and oxygen atoms in total. The summed E-state index contributed by atoms with van der Waals surface area (Å²) in [7, 11) is 0. The molecule has 3 N–H and O–H groups in total. The van der Waals surface area contributed by atoms with Gasteiger partial charge in [0, 0.05) is 6.54 Å². The SMILES string of the molecule is C=CNC(=O)N(CC(=O)NCc1ccc(C)c(F)c1)N=N.CCC(C)F. The lowest BCUT2D eigenvalue weighted by Gasteiger charge is -2.14. The van der Waals surface area contributed by atoms with E-state index in [-0.39, 0.29) is 12.4 Å². The van der Waals surface area contributed by atoms with Crippen LogP contribution in [-0.2, 0) is 11.3 Å². The number of rotatable bonds is 7. The number of nitrogens with one attached hydrogen (secondary N) is 3. The summed E-state index contributed by atoms with van der Waals surface area (Å²) >= 11 is 0. The van der Waals surface area contributed by atoms with Crippen molar-refractivity contribution in [2.75, 3.05) is 6.54 Å². The molecule has 1 aromatic rings. The molecule has 1 aromatic carbocycles. The van der Waals surface area contributed by atoms with Gasteiger partial charge in [0.1, 0.15) is 12.4 Å². The molecule has 0 saturated carbocycles. The van der Waals surface area contributed by atoms with Crippen LogP contribution in [0.15, 0.2) is 36.2 Å². The van der Waals surface area contributed by atoms with Crippen LogP contribution >= 0.6 is 0 Å². The van der Waals surface area contributed by atoms with Crippen LogP contribution in [0, 0.1) is 18.3 Å². The van der Waals surface area contributed by atoms with E-state index in [1.165, 1.54) is 6.07 Å². The first-order valence-electron chi connectivity index (χ1n) is 7.97. The summed E-state index contributed by atoms with van der Waals surface area (Å²) in [5.41, 5.74) is 7.95. The first-order chi connectivity index (χ1) is 12.2. The minimum absolute atomic E-state index is 0.116. The molecule has 0 fully saturated rings. The first-order valence-corrected chi connectivity index (χ1v) is 7.97. The quantitative estimate of drug-likeness (QED) is 0.505. The van der Waals surface area contributed by atoms with Gasteiger partial charge in [0.25, 0.3) is 0 Å². The number of aryl methyl sites for hydroxylation is 1. The molecule has 0 aliphatic heterocycles. The molecule has 0 aliphatic carbocycles. The van der Waals surface area contributed by atoms with Crippen LogP contribution in [0.3, 0.4) is 0 Å². The van der Waals surface area contributed by atoms with Crippen LogP contribution in [0.4, 0.5) is 13.6 Å². The number of urea groups is 1. The van der Waals surface area contributed by atoms with Crippen LogP contribution in [0.2, 0.25) is 0 Å². The summed E-state index contributed by atoms with van der Waals surface area (Å²) in [5, 5.41) is 8.27. The zero-order chi connectivity index (χ0) is 20.1. The van der Waals surface area contributed by atoms with Gasteiger partial charge in [-0.3, -0.25) is 4.79 Å². The highest BCUT2D eigenvalue weighted by molar-refractivity contribution is 5.84. The van der Waals surface area contributed by atoms with Gasteiger partial charge >= 0.3 is 6.03 Å². The van der Waals surface area contributed by atoms with E-state index in [1.54, 1.807) is 26.0 Å². The Morgan fingerprint density at radius 3 is 2.54 bits per heavy atom. The number of carbonyl (C=O) groups is 2. The van der Waals surface area contributed by atoms with Crippen LogP contribution in [0.5, 0.6) is 0 Å². The minimum atomic E-state index is -0.739. The number of hydrogen-bond donors (Lipinski definition) is 3. The maximum Gasteiger partial charge on any atom is 0.343 e. The number of amides is 3. The zero-order valence-electron chi connectivity index (χ0n) is 15.2. The standard InChI is InChI=1S/C13H16FN5O2.C4H9F/c1-3-16-13(21)19(18-15)8-12(20)17-7-10-5-4-9(2)11(14)6-10;1-3-4(2)5/h3-6,15H,1,7-8H2,2H3,(H,16,21)(H,17,20);4H,3H2,1-2H3. The molecule has 1 rings (SSSR count). The summed E-state index contributed by atoms with van der Waals surface area (Å²) in [5.74, 6) is -0.874. The third kappa shape index (κ3) is 9.45.